The summed E-state index contributed by atoms with van der Waals surface area (Å²) in [6.45, 7) is 7.28. The number of hydrogen-bond acceptors (Lipinski definition) is 4. The maximum atomic E-state index is 13.2. The minimum atomic E-state index is -0.251. The van der Waals surface area contributed by atoms with Crippen LogP contribution in [0.5, 0.6) is 0 Å². The predicted molar refractivity (Wildman–Crippen MR) is 135 cm³/mol. The molecule has 3 rings (SSSR count). The van der Waals surface area contributed by atoms with E-state index in [2.05, 4.69) is 46.5 Å². The van der Waals surface area contributed by atoms with Crippen molar-refractivity contribution in [2.24, 2.45) is 4.99 Å². The smallest absolute Gasteiger partial charge is 0.191 e. The van der Waals surface area contributed by atoms with Gasteiger partial charge in [0, 0.05) is 39.0 Å². The maximum Gasteiger partial charge on any atom is 0.191 e. The molecule has 2 heterocycles. The van der Waals surface area contributed by atoms with Gasteiger partial charge in [-0.2, -0.15) is 0 Å². The van der Waals surface area contributed by atoms with Gasteiger partial charge in [0.05, 0.1) is 6.54 Å². The number of aliphatic imine (C=N–C) groups is 1. The zero-order chi connectivity index (χ0) is 21.3. The maximum absolute atomic E-state index is 13.2. The van der Waals surface area contributed by atoms with Crippen molar-refractivity contribution in [3.63, 3.8) is 0 Å². The number of rotatable bonds is 7. The number of aromatic nitrogens is 1. The van der Waals surface area contributed by atoms with Gasteiger partial charge in [0.15, 0.2) is 5.96 Å². The van der Waals surface area contributed by atoms with E-state index in [0.717, 1.165) is 49.8 Å². The molecule has 0 spiro atoms. The van der Waals surface area contributed by atoms with Gasteiger partial charge >= 0.3 is 0 Å². The molecule has 1 unspecified atom stereocenters. The van der Waals surface area contributed by atoms with E-state index < -0.39 is 0 Å². The quantitative estimate of drug-likeness (QED) is 0.315. The van der Waals surface area contributed by atoms with Crippen LogP contribution in [-0.2, 0) is 4.74 Å². The number of nitrogens with one attached hydrogen (secondary N) is 2. The van der Waals surface area contributed by atoms with Crippen LogP contribution in [0, 0.1) is 12.7 Å². The molecule has 8 heteroatoms. The normalized spacial score (nSPS) is 15.9. The average molecular weight is 541 g/mol. The van der Waals surface area contributed by atoms with E-state index in [9.17, 15) is 4.39 Å². The zero-order valence-corrected chi connectivity index (χ0v) is 20.8. The summed E-state index contributed by atoms with van der Waals surface area (Å²) < 4.78 is 18.8. The number of benzene rings is 1. The fourth-order valence-corrected chi connectivity index (χ4v) is 3.58. The molecule has 2 aromatic rings. The zero-order valence-electron chi connectivity index (χ0n) is 18.5. The van der Waals surface area contributed by atoms with Crippen LogP contribution >= 0.6 is 24.0 Å². The number of hydrogen-bond donors (Lipinski definition) is 2. The Morgan fingerprint density at radius 3 is 2.52 bits per heavy atom. The van der Waals surface area contributed by atoms with Crippen molar-refractivity contribution in [2.45, 2.75) is 38.8 Å². The monoisotopic (exact) mass is 541 g/mol. The van der Waals surface area contributed by atoms with Gasteiger partial charge in [0.1, 0.15) is 17.7 Å². The fraction of sp³-hybridized carbons (Fsp3) is 0.478. The van der Waals surface area contributed by atoms with Crippen LogP contribution in [0.1, 0.15) is 37.0 Å². The third-order valence-electron chi connectivity index (χ3n) is 5.34. The van der Waals surface area contributed by atoms with Crippen molar-refractivity contribution in [1.29, 1.82) is 0 Å². The first-order valence-corrected chi connectivity index (χ1v) is 10.6. The fourth-order valence-electron chi connectivity index (χ4n) is 3.58. The van der Waals surface area contributed by atoms with E-state index in [1.807, 2.05) is 6.20 Å². The molecule has 1 aromatic carbocycles. The molecule has 170 valence electrons. The number of pyridine rings is 1. The largest absolute Gasteiger partial charge is 0.375 e. The number of halogens is 2. The summed E-state index contributed by atoms with van der Waals surface area (Å²) >= 11 is 0. The molecule has 2 N–H and O–H groups in total. The van der Waals surface area contributed by atoms with Gasteiger partial charge in [0.25, 0.3) is 0 Å². The first kappa shape index (κ1) is 25.3. The minimum Gasteiger partial charge on any atom is -0.375 e. The molecule has 1 aliphatic heterocycles. The van der Waals surface area contributed by atoms with E-state index in [-0.39, 0.29) is 35.9 Å². The van der Waals surface area contributed by atoms with E-state index in [1.54, 1.807) is 19.2 Å². The van der Waals surface area contributed by atoms with E-state index >= 15 is 0 Å². The summed E-state index contributed by atoms with van der Waals surface area (Å²) in [7, 11) is 1.65. The SMILES string of the molecule is CCNC(=NCC(OC)c1ccc(F)cc1)NC1CCN(c2ccc(C)cn2)CC1.I. The molecular formula is C23H33FIN5O. The number of anilines is 1. The lowest BCUT2D eigenvalue weighted by atomic mass is 10.1. The Kier molecular flexibility index (Phi) is 10.5. The molecule has 31 heavy (non-hydrogen) atoms. The third-order valence-corrected chi connectivity index (χ3v) is 5.34. The predicted octanol–water partition coefficient (Wildman–Crippen LogP) is 4.06. The highest BCUT2D eigenvalue weighted by Crippen LogP contribution is 2.19. The number of guanidine groups is 1. The molecule has 0 saturated carbocycles. The van der Waals surface area contributed by atoms with Crippen molar-refractivity contribution in [2.75, 3.05) is 38.2 Å². The molecule has 1 fully saturated rings. The number of aryl methyl sites for hydroxylation is 1. The molecule has 1 atom stereocenters. The average Bonchev–Trinajstić information content (AvgIpc) is 2.76. The summed E-state index contributed by atoms with van der Waals surface area (Å²) in [5.41, 5.74) is 2.09. The highest BCUT2D eigenvalue weighted by molar-refractivity contribution is 14.0. The van der Waals surface area contributed by atoms with E-state index in [0.29, 0.717) is 12.6 Å². The molecular weight excluding hydrogens is 508 g/mol. The van der Waals surface area contributed by atoms with Crippen molar-refractivity contribution < 1.29 is 9.13 Å². The standard InChI is InChI=1S/C23H32FN5O.HI/c1-4-25-23(27-16-21(30-3)18-6-8-19(24)9-7-18)28-20-11-13-29(14-12-20)22-10-5-17(2)15-26-22;/h5-10,15,20-21H,4,11-14,16H2,1-3H3,(H2,25,27,28);1H. The van der Waals surface area contributed by atoms with Gasteiger partial charge < -0.3 is 20.3 Å². The van der Waals surface area contributed by atoms with Crippen molar-refractivity contribution >= 4 is 35.8 Å². The molecule has 1 aromatic heterocycles. The van der Waals surface area contributed by atoms with Gasteiger partial charge in [-0.1, -0.05) is 18.2 Å². The van der Waals surface area contributed by atoms with Gasteiger partial charge in [-0.3, -0.25) is 4.99 Å². The summed E-state index contributed by atoms with van der Waals surface area (Å²) in [6, 6.07) is 10.9. The number of nitrogens with zero attached hydrogens (tertiary/aromatic N) is 3. The Morgan fingerprint density at radius 2 is 1.94 bits per heavy atom. The number of piperidine rings is 1. The second-order valence-corrected chi connectivity index (χ2v) is 7.59. The van der Waals surface area contributed by atoms with Gasteiger partial charge in [-0.15, -0.1) is 24.0 Å². The first-order chi connectivity index (χ1) is 14.6. The Bertz CT molecular complexity index is 808. The summed E-state index contributed by atoms with van der Waals surface area (Å²) in [5, 5.41) is 6.87. The summed E-state index contributed by atoms with van der Waals surface area (Å²) in [4.78, 5) is 11.6. The van der Waals surface area contributed by atoms with Crippen LogP contribution in [0.4, 0.5) is 10.2 Å². The van der Waals surface area contributed by atoms with E-state index in [1.165, 1.54) is 17.7 Å². The van der Waals surface area contributed by atoms with Crippen molar-refractivity contribution in [3.05, 3.63) is 59.5 Å². The summed E-state index contributed by atoms with van der Waals surface area (Å²) in [5.74, 6) is 1.58. The second kappa shape index (κ2) is 12.8. The summed E-state index contributed by atoms with van der Waals surface area (Å²) in [6.07, 6.45) is 3.75. The Morgan fingerprint density at radius 1 is 1.23 bits per heavy atom. The highest BCUT2D eigenvalue weighted by atomic mass is 127. The van der Waals surface area contributed by atoms with E-state index in [4.69, 9.17) is 9.73 Å². The van der Waals surface area contributed by atoms with Crippen LogP contribution in [0.3, 0.4) is 0 Å². The number of methoxy groups -OCH3 is 1. The Hall–Kier alpha value is -1.94. The Balaban J connectivity index is 0.00000341. The molecule has 0 aliphatic carbocycles. The lowest BCUT2D eigenvalue weighted by Crippen LogP contribution is -2.49. The topological polar surface area (TPSA) is 61.8 Å². The van der Waals surface area contributed by atoms with Crippen LogP contribution in [0.15, 0.2) is 47.6 Å². The second-order valence-electron chi connectivity index (χ2n) is 7.59. The van der Waals surface area contributed by atoms with Crippen molar-refractivity contribution in [1.82, 2.24) is 15.6 Å². The molecule has 0 amide bonds. The lowest BCUT2D eigenvalue weighted by Gasteiger charge is -2.34. The first-order valence-electron chi connectivity index (χ1n) is 10.6. The molecule has 1 aliphatic rings. The molecule has 0 radical (unpaired) electrons. The number of ether oxygens (including phenoxy) is 1. The van der Waals surface area contributed by atoms with Gasteiger partial charge in [0.2, 0.25) is 0 Å². The molecule has 1 saturated heterocycles. The lowest BCUT2D eigenvalue weighted by molar-refractivity contribution is 0.111. The van der Waals surface area contributed by atoms with Crippen LogP contribution in [0.25, 0.3) is 0 Å². The Labute approximate surface area is 201 Å². The highest BCUT2D eigenvalue weighted by Gasteiger charge is 2.21. The molecule has 6 nitrogen and oxygen atoms in total. The van der Waals surface area contributed by atoms with Gasteiger partial charge in [-0.25, -0.2) is 9.37 Å². The van der Waals surface area contributed by atoms with Crippen LogP contribution in [-0.4, -0.2) is 50.3 Å². The van der Waals surface area contributed by atoms with Crippen molar-refractivity contribution in [3.8, 4) is 0 Å². The molecule has 0 bridgehead atoms. The van der Waals surface area contributed by atoms with Crippen LogP contribution < -0.4 is 15.5 Å². The minimum absolute atomic E-state index is 0. The third kappa shape index (κ3) is 7.60. The van der Waals surface area contributed by atoms with Gasteiger partial charge in [-0.05, 0) is 56.0 Å². The van der Waals surface area contributed by atoms with Crippen LogP contribution in [0.2, 0.25) is 0 Å².